The standard InChI is InChI=1S/C11H23NS/c1-2-3-4-5-8-12-11-7-6-9-13-10-11/h11-12H,2-10H2,1H3/t11-/m0/s1. The molecule has 1 rings (SSSR count). The van der Waals surface area contributed by atoms with Crippen molar-refractivity contribution in [3.05, 3.63) is 0 Å². The van der Waals surface area contributed by atoms with Crippen LogP contribution in [-0.2, 0) is 0 Å². The highest BCUT2D eigenvalue weighted by atomic mass is 32.2. The quantitative estimate of drug-likeness (QED) is 0.663. The fourth-order valence-corrected chi connectivity index (χ4v) is 2.87. The van der Waals surface area contributed by atoms with E-state index in [4.69, 9.17) is 0 Å². The molecule has 1 atom stereocenters. The van der Waals surface area contributed by atoms with E-state index in [1.54, 1.807) is 0 Å². The first-order chi connectivity index (χ1) is 6.43. The van der Waals surface area contributed by atoms with E-state index in [1.807, 2.05) is 0 Å². The van der Waals surface area contributed by atoms with Crippen molar-refractivity contribution in [3.8, 4) is 0 Å². The van der Waals surface area contributed by atoms with Gasteiger partial charge in [-0.1, -0.05) is 26.2 Å². The van der Waals surface area contributed by atoms with Gasteiger partial charge in [0.2, 0.25) is 0 Å². The molecule has 0 unspecified atom stereocenters. The Bertz CT molecular complexity index is 111. The van der Waals surface area contributed by atoms with Crippen molar-refractivity contribution < 1.29 is 0 Å². The van der Waals surface area contributed by atoms with Crippen molar-refractivity contribution in [2.45, 2.75) is 51.5 Å². The lowest BCUT2D eigenvalue weighted by Crippen LogP contribution is -2.34. The molecule has 1 saturated heterocycles. The molecule has 1 nitrogen and oxygen atoms in total. The maximum Gasteiger partial charge on any atom is 0.0158 e. The van der Waals surface area contributed by atoms with Gasteiger partial charge in [-0.2, -0.15) is 11.8 Å². The second kappa shape index (κ2) is 7.69. The van der Waals surface area contributed by atoms with Crippen LogP contribution in [-0.4, -0.2) is 24.1 Å². The molecule has 0 amide bonds. The maximum absolute atomic E-state index is 3.66. The molecule has 1 heterocycles. The lowest BCUT2D eigenvalue weighted by atomic mass is 10.1. The normalized spacial score (nSPS) is 23.3. The number of hydrogen-bond donors (Lipinski definition) is 1. The maximum atomic E-state index is 3.66. The zero-order valence-corrected chi connectivity index (χ0v) is 9.67. The third-order valence-electron chi connectivity index (χ3n) is 2.62. The van der Waals surface area contributed by atoms with Crippen LogP contribution in [0.1, 0.15) is 45.4 Å². The monoisotopic (exact) mass is 201 g/mol. The zero-order valence-electron chi connectivity index (χ0n) is 8.85. The fourth-order valence-electron chi connectivity index (χ4n) is 1.76. The summed E-state index contributed by atoms with van der Waals surface area (Å²) in [6.07, 6.45) is 8.34. The Morgan fingerprint density at radius 2 is 2.23 bits per heavy atom. The van der Waals surface area contributed by atoms with Gasteiger partial charge in [0.05, 0.1) is 0 Å². The third-order valence-corrected chi connectivity index (χ3v) is 3.84. The van der Waals surface area contributed by atoms with Gasteiger partial charge < -0.3 is 5.32 Å². The molecule has 1 fully saturated rings. The van der Waals surface area contributed by atoms with Crippen molar-refractivity contribution in [2.75, 3.05) is 18.1 Å². The highest BCUT2D eigenvalue weighted by Crippen LogP contribution is 2.16. The second-order valence-corrected chi connectivity index (χ2v) is 5.08. The van der Waals surface area contributed by atoms with Gasteiger partial charge >= 0.3 is 0 Å². The summed E-state index contributed by atoms with van der Waals surface area (Å²) >= 11 is 2.11. The molecule has 0 aliphatic carbocycles. The van der Waals surface area contributed by atoms with E-state index in [9.17, 15) is 0 Å². The van der Waals surface area contributed by atoms with Crippen LogP contribution in [0.5, 0.6) is 0 Å². The van der Waals surface area contributed by atoms with Crippen LogP contribution in [0, 0.1) is 0 Å². The molecule has 0 spiro atoms. The van der Waals surface area contributed by atoms with E-state index < -0.39 is 0 Å². The van der Waals surface area contributed by atoms with Crippen LogP contribution in [0.15, 0.2) is 0 Å². The third kappa shape index (κ3) is 5.58. The molecular formula is C11H23NS. The van der Waals surface area contributed by atoms with Gasteiger partial charge in [0.1, 0.15) is 0 Å². The smallest absolute Gasteiger partial charge is 0.0158 e. The Hall–Kier alpha value is 0.310. The Morgan fingerprint density at radius 3 is 2.92 bits per heavy atom. The van der Waals surface area contributed by atoms with Gasteiger partial charge in [-0.25, -0.2) is 0 Å². The molecule has 2 heteroatoms. The molecule has 13 heavy (non-hydrogen) atoms. The fraction of sp³-hybridized carbons (Fsp3) is 1.00. The number of rotatable bonds is 6. The van der Waals surface area contributed by atoms with Crippen molar-refractivity contribution in [2.24, 2.45) is 0 Å². The number of nitrogens with one attached hydrogen (secondary N) is 1. The Kier molecular flexibility index (Phi) is 6.73. The minimum atomic E-state index is 0.820. The van der Waals surface area contributed by atoms with Crippen LogP contribution >= 0.6 is 11.8 Å². The predicted octanol–water partition coefficient (Wildman–Crippen LogP) is 3.05. The largest absolute Gasteiger partial charge is 0.313 e. The minimum Gasteiger partial charge on any atom is -0.313 e. The molecule has 0 aromatic carbocycles. The molecule has 1 aliphatic rings. The van der Waals surface area contributed by atoms with Crippen LogP contribution in [0.25, 0.3) is 0 Å². The second-order valence-electron chi connectivity index (χ2n) is 3.93. The Morgan fingerprint density at radius 1 is 1.31 bits per heavy atom. The Labute approximate surface area is 87.1 Å². The summed E-state index contributed by atoms with van der Waals surface area (Å²) in [6.45, 7) is 3.51. The molecule has 78 valence electrons. The summed E-state index contributed by atoms with van der Waals surface area (Å²) in [4.78, 5) is 0. The number of unbranched alkanes of at least 4 members (excludes halogenated alkanes) is 3. The highest BCUT2D eigenvalue weighted by Gasteiger charge is 2.11. The molecule has 1 aliphatic heterocycles. The van der Waals surface area contributed by atoms with Crippen LogP contribution in [0.3, 0.4) is 0 Å². The first kappa shape index (κ1) is 11.4. The minimum absolute atomic E-state index is 0.820. The van der Waals surface area contributed by atoms with Gasteiger partial charge in [-0.3, -0.25) is 0 Å². The summed E-state index contributed by atoms with van der Waals surface area (Å²) in [5.74, 6) is 2.72. The van der Waals surface area contributed by atoms with Crippen molar-refractivity contribution in [3.63, 3.8) is 0 Å². The lowest BCUT2D eigenvalue weighted by molar-refractivity contribution is 0.490. The first-order valence-corrected chi connectivity index (χ1v) is 6.90. The SMILES string of the molecule is CCCCCCN[C@H]1CCCSC1. The zero-order chi connectivity index (χ0) is 9.36. The molecule has 0 aromatic rings. The summed E-state index contributed by atoms with van der Waals surface area (Å²) in [7, 11) is 0. The van der Waals surface area contributed by atoms with E-state index in [-0.39, 0.29) is 0 Å². The van der Waals surface area contributed by atoms with Gasteiger partial charge in [-0.05, 0) is 31.6 Å². The van der Waals surface area contributed by atoms with Gasteiger partial charge in [-0.15, -0.1) is 0 Å². The summed E-state index contributed by atoms with van der Waals surface area (Å²) in [6, 6.07) is 0.820. The molecule has 0 aromatic heterocycles. The molecular weight excluding hydrogens is 178 g/mol. The number of thioether (sulfide) groups is 1. The number of hydrogen-bond acceptors (Lipinski definition) is 2. The van der Waals surface area contributed by atoms with E-state index >= 15 is 0 Å². The molecule has 0 radical (unpaired) electrons. The summed E-state index contributed by atoms with van der Waals surface area (Å²) in [5.41, 5.74) is 0. The molecule has 0 bridgehead atoms. The average molecular weight is 201 g/mol. The highest BCUT2D eigenvalue weighted by molar-refractivity contribution is 7.99. The molecule has 0 saturated carbocycles. The Balaban J connectivity index is 1.86. The van der Waals surface area contributed by atoms with Crippen LogP contribution in [0.4, 0.5) is 0 Å². The molecule has 1 N–H and O–H groups in total. The lowest BCUT2D eigenvalue weighted by Gasteiger charge is -2.22. The van der Waals surface area contributed by atoms with Gasteiger partial charge in [0.15, 0.2) is 0 Å². The van der Waals surface area contributed by atoms with Gasteiger partial charge in [0.25, 0.3) is 0 Å². The van der Waals surface area contributed by atoms with Crippen LogP contribution < -0.4 is 5.32 Å². The van der Waals surface area contributed by atoms with E-state index in [1.165, 1.54) is 56.6 Å². The van der Waals surface area contributed by atoms with Crippen LogP contribution in [0.2, 0.25) is 0 Å². The first-order valence-electron chi connectivity index (χ1n) is 5.74. The van der Waals surface area contributed by atoms with Gasteiger partial charge in [0, 0.05) is 11.8 Å². The topological polar surface area (TPSA) is 12.0 Å². The van der Waals surface area contributed by atoms with E-state index in [2.05, 4.69) is 24.0 Å². The van der Waals surface area contributed by atoms with Crippen molar-refractivity contribution in [1.82, 2.24) is 5.32 Å². The average Bonchev–Trinajstić information content (AvgIpc) is 2.19. The predicted molar refractivity (Wildman–Crippen MR) is 62.5 cm³/mol. The van der Waals surface area contributed by atoms with Crippen molar-refractivity contribution in [1.29, 1.82) is 0 Å². The van der Waals surface area contributed by atoms with Crippen molar-refractivity contribution >= 4 is 11.8 Å². The summed E-state index contributed by atoms with van der Waals surface area (Å²) < 4.78 is 0. The van der Waals surface area contributed by atoms with E-state index in [0.717, 1.165) is 6.04 Å². The van der Waals surface area contributed by atoms with E-state index in [0.29, 0.717) is 0 Å². The summed E-state index contributed by atoms with van der Waals surface area (Å²) in [5, 5.41) is 3.66.